The molecule has 1 fully saturated rings. The van der Waals surface area contributed by atoms with Crippen molar-refractivity contribution < 1.29 is 14.8 Å². The van der Waals surface area contributed by atoms with Crippen LogP contribution < -0.4 is 0 Å². The minimum Gasteiger partial charge on any atom is -0.393 e. The standard InChI is InChI=1S/C13H15ClN2O4/c1-8-7-15(5-4-12(8)17)13(18)10-6-9(16(19)20)2-3-11(10)14/h2-3,6,8,12,17H,4-5,7H2,1H3. The first-order valence-electron chi connectivity index (χ1n) is 6.31. The first kappa shape index (κ1) is 14.7. The van der Waals surface area contributed by atoms with Gasteiger partial charge in [0.15, 0.2) is 0 Å². The molecule has 2 atom stereocenters. The van der Waals surface area contributed by atoms with E-state index in [0.717, 1.165) is 0 Å². The van der Waals surface area contributed by atoms with Crippen molar-refractivity contribution in [3.05, 3.63) is 38.9 Å². The monoisotopic (exact) mass is 298 g/mol. The molecule has 1 aromatic carbocycles. The van der Waals surface area contributed by atoms with Gasteiger partial charge in [-0.05, 0) is 18.4 Å². The molecule has 2 rings (SSSR count). The average Bonchev–Trinajstić information content (AvgIpc) is 2.41. The van der Waals surface area contributed by atoms with E-state index in [1.165, 1.54) is 18.2 Å². The van der Waals surface area contributed by atoms with Crippen LogP contribution in [0.5, 0.6) is 0 Å². The summed E-state index contributed by atoms with van der Waals surface area (Å²) in [5, 5.41) is 20.6. The summed E-state index contributed by atoms with van der Waals surface area (Å²) >= 11 is 5.96. The molecule has 1 saturated heterocycles. The van der Waals surface area contributed by atoms with Crippen molar-refractivity contribution in [3.8, 4) is 0 Å². The maximum Gasteiger partial charge on any atom is 0.270 e. The van der Waals surface area contributed by atoms with E-state index in [4.69, 9.17) is 11.6 Å². The lowest BCUT2D eigenvalue weighted by Gasteiger charge is -2.34. The number of carbonyl (C=O) groups is 1. The summed E-state index contributed by atoms with van der Waals surface area (Å²) in [6.45, 7) is 2.70. The van der Waals surface area contributed by atoms with Crippen molar-refractivity contribution in [2.75, 3.05) is 13.1 Å². The smallest absolute Gasteiger partial charge is 0.270 e. The summed E-state index contributed by atoms with van der Waals surface area (Å²) in [6.07, 6.45) is 0.0824. The van der Waals surface area contributed by atoms with Crippen molar-refractivity contribution in [1.82, 2.24) is 4.90 Å². The molecule has 2 unspecified atom stereocenters. The molecule has 0 aliphatic carbocycles. The number of aliphatic hydroxyl groups is 1. The van der Waals surface area contributed by atoms with Gasteiger partial charge in [-0.2, -0.15) is 0 Å². The Morgan fingerprint density at radius 1 is 1.55 bits per heavy atom. The summed E-state index contributed by atoms with van der Waals surface area (Å²) in [5.41, 5.74) is -0.0349. The second kappa shape index (κ2) is 5.76. The molecule has 6 nitrogen and oxygen atoms in total. The number of non-ortho nitro benzene ring substituents is 1. The van der Waals surface area contributed by atoms with Crippen LogP contribution in [-0.2, 0) is 0 Å². The Kier molecular flexibility index (Phi) is 4.25. The number of halogens is 1. The third-order valence-corrected chi connectivity index (χ3v) is 3.87. The summed E-state index contributed by atoms with van der Waals surface area (Å²) in [4.78, 5) is 24.2. The van der Waals surface area contributed by atoms with Crippen molar-refractivity contribution in [3.63, 3.8) is 0 Å². The number of carbonyl (C=O) groups excluding carboxylic acids is 1. The van der Waals surface area contributed by atoms with Crippen LogP contribution in [0, 0.1) is 16.0 Å². The molecule has 108 valence electrons. The Bertz CT molecular complexity index is 549. The summed E-state index contributed by atoms with van der Waals surface area (Å²) in [6, 6.07) is 3.82. The van der Waals surface area contributed by atoms with Crippen LogP contribution in [-0.4, -0.2) is 40.0 Å². The molecule has 7 heteroatoms. The molecule has 0 bridgehead atoms. The number of rotatable bonds is 2. The molecule has 0 spiro atoms. The Labute approximate surface area is 121 Å². The van der Waals surface area contributed by atoms with Gasteiger partial charge >= 0.3 is 0 Å². The zero-order valence-corrected chi connectivity index (χ0v) is 11.7. The highest BCUT2D eigenvalue weighted by molar-refractivity contribution is 6.33. The van der Waals surface area contributed by atoms with E-state index in [1.54, 1.807) is 4.90 Å². The van der Waals surface area contributed by atoms with Gasteiger partial charge in [-0.1, -0.05) is 18.5 Å². The van der Waals surface area contributed by atoms with Gasteiger partial charge in [-0.3, -0.25) is 14.9 Å². The van der Waals surface area contributed by atoms with Crippen molar-refractivity contribution in [1.29, 1.82) is 0 Å². The molecular formula is C13H15ClN2O4. The maximum absolute atomic E-state index is 12.4. The molecular weight excluding hydrogens is 284 g/mol. The number of likely N-dealkylation sites (tertiary alicyclic amines) is 1. The fourth-order valence-corrected chi connectivity index (χ4v) is 2.48. The SMILES string of the molecule is CC1CN(C(=O)c2cc([N+](=O)[O-])ccc2Cl)CCC1O. The minimum atomic E-state index is -0.560. The van der Waals surface area contributed by atoms with E-state index >= 15 is 0 Å². The molecule has 1 aliphatic rings. The largest absolute Gasteiger partial charge is 0.393 e. The highest BCUT2D eigenvalue weighted by atomic mass is 35.5. The van der Waals surface area contributed by atoms with Crippen LogP contribution in [0.1, 0.15) is 23.7 Å². The fraction of sp³-hybridized carbons (Fsp3) is 0.462. The number of aliphatic hydroxyl groups excluding tert-OH is 1. The van der Waals surface area contributed by atoms with E-state index in [-0.39, 0.29) is 28.1 Å². The van der Waals surface area contributed by atoms with Gasteiger partial charge in [0, 0.05) is 25.2 Å². The molecule has 1 aliphatic heterocycles. The van der Waals surface area contributed by atoms with Crippen LogP contribution in [0.25, 0.3) is 0 Å². The lowest BCUT2D eigenvalue weighted by molar-refractivity contribution is -0.384. The van der Waals surface area contributed by atoms with Crippen LogP contribution in [0.3, 0.4) is 0 Å². The number of amides is 1. The number of hydrogen-bond acceptors (Lipinski definition) is 4. The Balaban J connectivity index is 2.25. The highest BCUT2D eigenvalue weighted by Crippen LogP contribution is 2.25. The number of benzene rings is 1. The third-order valence-electron chi connectivity index (χ3n) is 3.54. The van der Waals surface area contributed by atoms with Crippen LogP contribution in [0.15, 0.2) is 18.2 Å². The molecule has 1 heterocycles. The highest BCUT2D eigenvalue weighted by Gasteiger charge is 2.29. The zero-order chi connectivity index (χ0) is 14.9. The van der Waals surface area contributed by atoms with Gasteiger partial charge in [0.05, 0.1) is 21.6 Å². The Hall–Kier alpha value is -1.66. The number of piperidine rings is 1. The average molecular weight is 299 g/mol. The second-order valence-electron chi connectivity index (χ2n) is 5.01. The molecule has 20 heavy (non-hydrogen) atoms. The number of nitro benzene ring substituents is 1. The molecule has 0 radical (unpaired) electrons. The van der Waals surface area contributed by atoms with Crippen LogP contribution in [0.2, 0.25) is 5.02 Å². The van der Waals surface area contributed by atoms with Gasteiger partial charge in [0.1, 0.15) is 0 Å². The van der Waals surface area contributed by atoms with Crippen LogP contribution in [0.4, 0.5) is 5.69 Å². The second-order valence-corrected chi connectivity index (χ2v) is 5.41. The first-order valence-corrected chi connectivity index (χ1v) is 6.69. The summed E-state index contributed by atoms with van der Waals surface area (Å²) in [7, 11) is 0. The zero-order valence-electron chi connectivity index (χ0n) is 11.0. The summed E-state index contributed by atoms with van der Waals surface area (Å²) in [5.74, 6) is -0.359. The third kappa shape index (κ3) is 2.91. The molecule has 1 amide bonds. The van der Waals surface area contributed by atoms with Crippen molar-refractivity contribution in [2.24, 2.45) is 5.92 Å². The summed E-state index contributed by atoms with van der Waals surface area (Å²) < 4.78 is 0. The molecule has 1 aromatic rings. The van der Waals surface area contributed by atoms with Crippen molar-refractivity contribution in [2.45, 2.75) is 19.4 Å². The van der Waals surface area contributed by atoms with Gasteiger partial charge in [0.25, 0.3) is 11.6 Å². The van der Waals surface area contributed by atoms with Crippen LogP contribution >= 0.6 is 11.6 Å². The van der Waals surface area contributed by atoms with E-state index in [9.17, 15) is 20.0 Å². The van der Waals surface area contributed by atoms with E-state index in [0.29, 0.717) is 19.5 Å². The van der Waals surface area contributed by atoms with Gasteiger partial charge in [-0.15, -0.1) is 0 Å². The van der Waals surface area contributed by atoms with E-state index in [2.05, 4.69) is 0 Å². The quantitative estimate of drug-likeness (QED) is 0.669. The molecule has 0 aromatic heterocycles. The number of nitro groups is 1. The lowest BCUT2D eigenvalue weighted by Crippen LogP contribution is -2.45. The van der Waals surface area contributed by atoms with Crippen molar-refractivity contribution >= 4 is 23.2 Å². The Morgan fingerprint density at radius 2 is 2.25 bits per heavy atom. The maximum atomic E-state index is 12.4. The van der Waals surface area contributed by atoms with E-state index < -0.39 is 11.0 Å². The normalized spacial score (nSPS) is 22.6. The number of hydrogen-bond donors (Lipinski definition) is 1. The predicted molar refractivity (Wildman–Crippen MR) is 73.8 cm³/mol. The molecule has 0 saturated carbocycles. The Morgan fingerprint density at radius 3 is 2.85 bits per heavy atom. The fourth-order valence-electron chi connectivity index (χ4n) is 2.28. The first-order chi connectivity index (χ1) is 9.40. The van der Waals surface area contributed by atoms with Gasteiger partial charge < -0.3 is 10.0 Å². The predicted octanol–water partition coefficient (Wildman–Crippen LogP) is 2.09. The lowest BCUT2D eigenvalue weighted by atomic mass is 9.96. The van der Waals surface area contributed by atoms with Gasteiger partial charge in [-0.25, -0.2) is 0 Å². The molecule has 1 N–H and O–H groups in total. The van der Waals surface area contributed by atoms with Gasteiger partial charge in [0.2, 0.25) is 0 Å². The van der Waals surface area contributed by atoms with E-state index in [1.807, 2.05) is 6.92 Å². The number of nitrogens with zero attached hydrogens (tertiary/aromatic N) is 2. The minimum absolute atomic E-state index is 0.0230. The topological polar surface area (TPSA) is 83.7 Å².